The summed E-state index contributed by atoms with van der Waals surface area (Å²) in [6.07, 6.45) is 0.800. The third kappa shape index (κ3) is 49.8. The van der Waals surface area contributed by atoms with E-state index in [4.69, 9.17) is 10.6 Å². The van der Waals surface area contributed by atoms with Crippen LogP contribution in [0.1, 0.15) is 131 Å². The number of amides is 9. The Bertz CT molecular complexity index is 1940. The van der Waals surface area contributed by atoms with Crippen molar-refractivity contribution in [1.82, 2.24) is 83.4 Å². The normalized spacial score (nSPS) is 11.6. The summed E-state index contributed by atoms with van der Waals surface area (Å²) in [6, 6.07) is 0. The summed E-state index contributed by atoms with van der Waals surface area (Å²) in [5.41, 5.74) is 18.9. The van der Waals surface area contributed by atoms with E-state index in [-0.39, 0.29) is 120 Å². The molecule has 0 rings (SSSR count). The minimum Gasteiger partial charge on any atom is -0.444 e. The number of carbonyl (C=O) groups is 9. The van der Waals surface area contributed by atoms with E-state index >= 15 is 0 Å². The molecule has 0 aliphatic heterocycles. The summed E-state index contributed by atoms with van der Waals surface area (Å²) < 4.78 is 5.17. The molecule has 0 atom stereocenters. The van der Waals surface area contributed by atoms with Crippen LogP contribution in [0.3, 0.4) is 0 Å². The molecule has 0 aromatic carbocycles. The number of hydrogen-bond acceptors (Lipinski definition) is 18. The third-order valence-electron chi connectivity index (χ3n) is 10.4. The second-order valence-electron chi connectivity index (χ2n) is 24.4. The summed E-state index contributed by atoms with van der Waals surface area (Å²) in [5, 5.41) is 15.3. The van der Waals surface area contributed by atoms with E-state index in [0.717, 1.165) is 6.54 Å². The maximum absolute atomic E-state index is 12.8. The number of nitrogens with zero attached hydrogens (tertiary/aromatic N) is 8. The van der Waals surface area contributed by atoms with Gasteiger partial charge in [-0.25, -0.2) is 29.8 Å². The summed E-state index contributed by atoms with van der Waals surface area (Å²) in [5.74, 6) is 5.68. The van der Waals surface area contributed by atoms with Gasteiger partial charge < -0.3 is 10.1 Å². The first kappa shape index (κ1) is 85.4. The van der Waals surface area contributed by atoms with Crippen molar-refractivity contribution in [2.75, 3.05) is 122 Å². The zero-order chi connectivity index (χ0) is 66.2. The number of alkyl carbamates (subject to hydrolysis) is 1. The van der Waals surface area contributed by atoms with Gasteiger partial charge in [-0.15, -0.1) is 0 Å². The van der Waals surface area contributed by atoms with Gasteiger partial charge in [0.05, 0.1) is 48.7 Å². The molecule has 27 nitrogen and oxygen atoms in total. The molecular weight excluding hydrogens is 1300 g/mol. The predicted octanol–water partition coefficient (Wildman–Crippen LogP) is 3.34. The lowest BCUT2D eigenvalue weighted by molar-refractivity contribution is -0.144. The number of carbonyl (C=O) groups excluding carboxylic acids is 9. The van der Waals surface area contributed by atoms with Gasteiger partial charge in [0.2, 0.25) is 29.5 Å². The highest BCUT2D eigenvalue weighted by Crippen LogP contribution is 2.08. The van der Waals surface area contributed by atoms with E-state index in [1.807, 2.05) is 79.3 Å². The molecule has 9 amide bonds. The molecule has 0 bridgehead atoms. The van der Waals surface area contributed by atoms with Crippen molar-refractivity contribution in [2.45, 2.75) is 136 Å². The Morgan fingerprint density at radius 2 is 0.729 bits per heavy atom. The van der Waals surface area contributed by atoms with E-state index in [9.17, 15) is 43.2 Å². The number of hydrogen-bond donors (Lipinski definition) is 9. The van der Waals surface area contributed by atoms with Gasteiger partial charge in [-0.2, -0.15) is 0 Å². The molecule has 0 fully saturated rings. The summed E-state index contributed by atoms with van der Waals surface area (Å²) >= 11 is 9.26. The standard InChI is InChI=1S/C19H39BrN6O3.C18H37BrN6O3.C18H36BrN5O4/c1-14(2)9-24(21-7)12-18(28)22-25(10-15(3)4)13-19(29)26(11-16(5)6)23-17(27)8-20;1-13(2)8-23(20)11-17(27)21-24(9-14(3)4)12-18(28)25(10-15(5)6)22-16(26)7-19;1-14(2)12-23(20-6)13-16(26)24(22-15(25)11-19)10-8-7-9-21-17(27)28-18(3,4)5/h14-16,21H,8-13H2,1-7H3,(H,22,28)(H,23,27);13-15H,7-12,20H2,1-6H3,(H,21,27)(H,22,26);14,20H,7-13H2,1-6H3,(H,21,27)(H,22,25). The Hall–Kier alpha value is -3.85. The molecule has 0 aliphatic carbocycles. The Labute approximate surface area is 534 Å². The van der Waals surface area contributed by atoms with E-state index in [1.54, 1.807) is 44.9 Å². The van der Waals surface area contributed by atoms with Crippen molar-refractivity contribution in [3.8, 4) is 0 Å². The number of nitrogens with one attached hydrogen (secondary N) is 8. The number of halogens is 3. The summed E-state index contributed by atoms with van der Waals surface area (Å²) in [4.78, 5) is 110. The Balaban J connectivity index is -0.00000119. The van der Waals surface area contributed by atoms with Crippen LogP contribution in [0.15, 0.2) is 0 Å². The lowest BCUT2D eigenvalue weighted by Gasteiger charge is -2.30. The monoisotopic (exact) mass is 1410 g/mol. The van der Waals surface area contributed by atoms with Gasteiger partial charge in [-0.3, -0.25) is 97.2 Å². The molecule has 0 aromatic rings. The van der Waals surface area contributed by atoms with Gasteiger partial charge >= 0.3 is 6.09 Å². The molecule has 30 heteroatoms. The SMILES string of the molecule is CC(C)CN(N)CC(=O)NN(CC(=O)N(CC(C)C)NC(=O)CBr)CC(C)C.CNN(CC(=O)N(CCCCNC(=O)OC(C)(C)C)NC(=O)CBr)CC(C)C.CNN(CC(=O)NN(CC(=O)N(CC(C)C)NC(=O)CBr)CC(C)C)CC(C)C. The van der Waals surface area contributed by atoms with Crippen molar-refractivity contribution in [3.05, 3.63) is 0 Å². The average molecular weight is 1410 g/mol. The zero-order valence-electron chi connectivity index (χ0n) is 54.8. The van der Waals surface area contributed by atoms with Crippen LogP contribution in [-0.2, 0) is 43.1 Å². The molecule has 0 saturated heterocycles. The number of nitrogens with two attached hydrogens (primary N) is 1. The molecule has 0 heterocycles. The summed E-state index contributed by atoms with van der Waals surface area (Å²) in [7, 11) is 3.54. The van der Waals surface area contributed by atoms with E-state index < -0.39 is 11.7 Å². The van der Waals surface area contributed by atoms with Gasteiger partial charge in [0.25, 0.3) is 17.7 Å². The fourth-order valence-corrected chi connectivity index (χ4v) is 7.80. The minimum atomic E-state index is -0.539. The molecule has 10 N–H and O–H groups in total. The van der Waals surface area contributed by atoms with Gasteiger partial charge in [-0.1, -0.05) is 145 Å². The van der Waals surface area contributed by atoms with Gasteiger partial charge in [0.1, 0.15) is 5.60 Å². The lowest BCUT2D eigenvalue weighted by atomic mass is 10.2. The van der Waals surface area contributed by atoms with Crippen LogP contribution in [0.25, 0.3) is 0 Å². The Morgan fingerprint density at radius 1 is 0.412 bits per heavy atom. The first-order valence-electron chi connectivity index (χ1n) is 29.3. The number of ether oxygens (including phenoxy) is 1. The van der Waals surface area contributed by atoms with Crippen LogP contribution < -0.4 is 49.1 Å². The van der Waals surface area contributed by atoms with E-state index in [2.05, 4.69) is 119 Å². The Kier molecular flexibility index (Phi) is 48.3. The van der Waals surface area contributed by atoms with E-state index in [1.165, 1.54) is 20.0 Å². The van der Waals surface area contributed by atoms with Crippen molar-refractivity contribution in [1.29, 1.82) is 0 Å². The van der Waals surface area contributed by atoms with Crippen molar-refractivity contribution < 1.29 is 47.9 Å². The van der Waals surface area contributed by atoms with Crippen molar-refractivity contribution in [3.63, 3.8) is 0 Å². The molecular formula is C55H112Br3N17O10. The van der Waals surface area contributed by atoms with Crippen molar-refractivity contribution in [2.24, 2.45) is 47.3 Å². The topological polar surface area (TPSA) is 311 Å². The molecule has 0 saturated carbocycles. The van der Waals surface area contributed by atoms with Gasteiger partial charge in [-0.05, 0) is 89.1 Å². The minimum absolute atomic E-state index is 0.0249. The highest BCUT2D eigenvalue weighted by atomic mass is 79.9. The lowest BCUT2D eigenvalue weighted by Crippen LogP contribution is -2.56. The maximum atomic E-state index is 12.8. The van der Waals surface area contributed by atoms with Crippen LogP contribution >= 0.6 is 47.8 Å². The maximum Gasteiger partial charge on any atom is 0.407 e. The Morgan fingerprint density at radius 3 is 1.07 bits per heavy atom. The molecule has 0 radical (unpaired) electrons. The second-order valence-corrected chi connectivity index (χ2v) is 26.1. The van der Waals surface area contributed by atoms with E-state index in [0.29, 0.717) is 83.0 Å². The largest absolute Gasteiger partial charge is 0.444 e. The molecule has 85 heavy (non-hydrogen) atoms. The average Bonchev–Trinajstić information content (AvgIpc) is 3.48. The highest BCUT2D eigenvalue weighted by Gasteiger charge is 2.26. The summed E-state index contributed by atoms with van der Waals surface area (Å²) in [6.45, 7) is 38.5. The molecule has 0 aliphatic rings. The number of hydrazine groups is 8. The van der Waals surface area contributed by atoms with Crippen LogP contribution in [0.5, 0.6) is 0 Å². The van der Waals surface area contributed by atoms with Crippen LogP contribution in [-0.4, -0.2) is 221 Å². The molecule has 0 unspecified atom stereocenters. The van der Waals surface area contributed by atoms with Crippen molar-refractivity contribution >= 4 is 101 Å². The number of alkyl halides is 3. The number of rotatable bonds is 36. The smallest absolute Gasteiger partial charge is 0.407 e. The van der Waals surface area contributed by atoms with Gasteiger partial charge in [0.15, 0.2) is 0 Å². The van der Waals surface area contributed by atoms with Crippen LogP contribution in [0, 0.1) is 41.4 Å². The molecule has 0 aromatic heterocycles. The van der Waals surface area contributed by atoms with Crippen LogP contribution in [0.4, 0.5) is 4.79 Å². The first-order chi connectivity index (χ1) is 39.4. The predicted molar refractivity (Wildman–Crippen MR) is 345 cm³/mol. The quantitative estimate of drug-likeness (QED) is 0.0188. The highest BCUT2D eigenvalue weighted by molar-refractivity contribution is 9.09. The fourth-order valence-electron chi connectivity index (χ4n) is 7.43. The molecule has 0 spiro atoms. The third-order valence-corrected chi connectivity index (χ3v) is 11.9. The first-order valence-corrected chi connectivity index (χ1v) is 32.6. The number of unbranched alkanes of at least 4 members (excludes halogenated alkanes) is 1. The second kappa shape index (κ2) is 48.1. The fraction of sp³-hybridized carbons (Fsp3) is 0.836. The van der Waals surface area contributed by atoms with Crippen LogP contribution in [0.2, 0.25) is 0 Å². The zero-order valence-corrected chi connectivity index (χ0v) is 59.6. The van der Waals surface area contributed by atoms with Gasteiger partial charge in [0, 0.05) is 58.9 Å². The molecule has 498 valence electrons.